The van der Waals surface area contributed by atoms with Crippen molar-refractivity contribution in [2.75, 3.05) is 6.61 Å². The van der Waals surface area contributed by atoms with Gasteiger partial charge in [-0.2, -0.15) is 5.26 Å². The van der Waals surface area contributed by atoms with Gasteiger partial charge in [-0.15, -0.1) is 0 Å². The van der Waals surface area contributed by atoms with Gasteiger partial charge in [-0.25, -0.2) is 9.59 Å². The molecule has 0 amide bonds. The summed E-state index contributed by atoms with van der Waals surface area (Å²) in [5.74, 6) is -0.829. The lowest BCUT2D eigenvalue weighted by Crippen LogP contribution is -2.13. The Morgan fingerprint density at radius 3 is 2.18 bits per heavy atom. The highest BCUT2D eigenvalue weighted by molar-refractivity contribution is 6.02. The Kier molecular flexibility index (Phi) is 8.22. The minimum atomic E-state index is -0.971. The number of carbonyl (C=O) groups is 2. The molecule has 0 aliphatic carbocycles. The zero-order chi connectivity index (χ0) is 16.4. The van der Waals surface area contributed by atoms with E-state index in [9.17, 15) is 9.59 Å². The lowest BCUT2D eigenvalue weighted by Gasteiger charge is -2.08. The van der Waals surface area contributed by atoms with Crippen LogP contribution in [0.3, 0.4) is 0 Å². The van der Waals surface area contributed by atoms with E-state index in [0.717, 1.165) is 25.2 Å². The molecule has 0 aliphatic rings. The number of rotatable bonds is 9. The van der Waals surface area contributed by atoms with Crippen molar-refractivity contribution in [2.45, 2.75) is 46.0 Å². The first-order valence-corrected chi connectivity index (χ1v) is 7.68. The van der Waals surface area contributed by atoms with Crippen molar-refractivity contribution in [3.05, 3.63) is 35.4 Å². The van der Waals surface area contributed by atoms with Gasteiger partial charge in [0, 0.05) is 0 Å². The van der Waals surface area contributed by atoms with Crippen LogP contribution in [0.5, 0.6) is 0 Å². The molecule has 1 aromatic rings. The average molecular weight is 308 g/mol. The van der Waals surface area contributed by atoms with Crippen LogP contribution in [0.25, 0.3) is 0 Å². The summed E-state index contributed by atoms with van der Waals surface area (Å²) >= 11 is 0. The van der Waals surface area contributed by atoms with E-state index in [2.05, 4.69) is 18.7 Å². The van der Waals surface area contributed by atoms with Gasteiger partial charge in [0.15, 0.2) is 0 Å². The fourth-order valence-electron chi connectivity index (χ4n) is 2.14. The maximum absolute atomic E-state index is 12.0. The highest BCUT2D eigenvalue weighted by Gasteiger charge is 2.18. The molecule has 0 bridgehead atoms. The van der Waals surface area contributed by atoms with Crippen molar-refractivity contribution < 1.29 is 24.5 Å². The summed E-state index contributed by atoms with van der Waals surface area (Å²) in [6.07, 6.45) is 5.35. The lowest BCUT2D eigenvalue weighted by atomic mass is 10.0. The Labute approximate surface area is 131 Å². The summed E-state index contributed by atoms with van der Waals surface area (Å²) in [6, 6.07) is 6.08. The summed E-state index contributed by atoms with van der Waals surface area (Å²) in [5.41, 5.74) is 0.0910. The van der Waals surface area contributed by atoms with E-state index in [0.29, 0.717) is 6.61 Å². The highest BCUT2D eigenvalue weighted by atomic mass is 17.1. The number of hydrogen-bond donors (Lipinski definition) is 1. The van der Waals surface area contributed by atoms with E-state index >= 15 is 0 Å². The number of esters is 1. The molecule has 0 heterocycles. The van der Waals surface area contributed by atoms with Crippen molar-refractivity contribution in [2.24, 2.45) is 5.92 Å². The Morgan fingerprint density at radius 2 is 1.59 bits per heavy atom. The van der Waals surface area contributed by atoms with Crippen LogP contribution in [-0.2, 0) is 9.62 Å². The van der Waals surface area contributed by atoms with Crippen molar-refractivity contribution in [1.29, 1.82) is 0 Å². The van der Waals surface area contributed by atoms with Crippen molar-refractivity contribution in [1.82, 2.24) is 0 Å². The Morgan fingerprint density at radius 1 is 1.00 bits per heavy atom. The number of hydrogen-bond acceptors (Lipinski definition) is 5. The fraction of sp³-hybridized carbons (Fsp3) is 0.529. The average Bonchev–Trinajstić information content (AvgIpc) is 2.52. The van der Waals surface area contributed by atoms with Crippen LogP contribution in [0.15, 0.2) is 24.3 Å². The van der Waals surface area contributed by atoms with Crippen LogP contribution < -0.4 is 0 Å². The van der Waals surface area contributed by atoms with Gasteiger partial charge in [0.2, 0.25) is 0 Å². The molecule has 0 fully saturated rings. The second-order valence-electron chi connectivity index (χ2n) is 5.66. The van der Waals surface area contributed by atoms with E-state index in [4.69, 9.17) is 9.99 Å². The van der Waals surface area contributed by atoms with Gasteiger partial charge in [0.25, 0.3) is 0 Å². The van der Waals surface area contributed by atoms with Gasteiger partial charge in [0.05, 0.1) is 17.7 Å². The standard InChI is InChI=1S/C17H24O5/c1-13(2)9-5-3-4-8-12-21-16(18)14-10-6-7-11-15(14)17(19)22-20/h6-7,10-11,13,20H,3-5,8-9,12H2,1-2H3. The molecule has 1 aromatic carbocycles. The molecule has 22 heavy (non-hydrogen) atoms. The molecule has 0 unspecified atom stereocenters. The topological polar surface area (TPSA) is 72.8 Å². The van der Waals surface area contributed by atoms with Crippen molar-refractivity contribution >= 4 is 11.9 Å². The summed E-state index contributed by atoms with van der Waals surface area (Å²) in [5, 5.41) is 8.43. The van der Waals surface area contributed by atoms with Crippen LogP contribution in [0.2, 0.25) is 0 Å². The largest absolute Gasteiger partial charge is 0.462 e. The molecular formula is C17H24O5. The number of ether oxygens (including phenoxy) is 1. The molecule has 0 atom stereocenters. The predicted octanol–water partition coefficient (Wildman–Crippen LogP) is 4.08. The van der Waals surface area contributed by atoms with Gasteiger partial charge < -0.3 is 4.74 Å². The molecule has 5 nitrogen and oxygen atoms in total. The van der Waals surface area contributed by atoms with E-state index in [-0.39, 0.29) is 11.1 Å². The third-order valence-corrected chi connectivity index (χ3v) is 3.36. The zero-order valence-electron chi connectivity index (χ0n) is 13.2. The maximum Gasteiger partial charge on any atom is 0.373 e. The van der Waals surface area contributed by atoms with Crippen molar-refractivity contribution in [3.63, 3.8) is 0 Å². The SMILES string of the molecule is CC(C)CCCCCCOC(=O)c1ccccc1C(=O)OO. The smallest absolute Gasteiger partial charge is 0.373 e. The molecule has 5 heteroatoms. The predicted molar refractivity (Wildman–Crippen MR) is 82.7 cm³/mol. The first-order valence-electron chi connectivity index (χ1n) is 7.68. The van der Waals surface area contributed by atoms with E-state index in [1.165, 1.54) is 25.0 Å². The molecule has 122 valence electrons. The van der Waals surface area contributed by atoms with Gasteiger partial charge in [-0.3, -0.25) is 4.89 Å². The molecule has 0 spiro atoms. The molecular weight excluding hydrogens is 284 g/mol. The molecule has 0 saturated heterocycles. The molecule has 0 aromatic heterocycles. The second-order valence-corrected chi connectivity index (χ2v) is 5.66. The van der Waals surface area contributed by atoms with Crippen LogP contribution in [0.4, 0.5) is 0 Å². The summed E-state index contributed by atoms with van der Waals surface area (Å²) in [7, 11) is 0. The first kappa shape index (κ1) is 18.2. The fourth-order valence-corrected chi connectivity index (χ4v) is 2.14. The Hall–Kier alpha value is -1.88. The summed E-state index contributed by atoms with van der Waals surface area (Å²) in [4.78, 5) is 27.0. The molecule has 0 aliphatic heterocycles. The van der Waals surface area contributed by atoms with E-state index in [1.807, 2.05) is 0 Å². The number of carbonyl (C=O) groups excluding carboxylic acids is 2. The highest BCUT2D eigenvalue weighted by Crippen LogP contribution is 2.13. The minimum Gasteiger partial charge on any atom is -0.462 e. The minimum absolute atomic E-state index is 0.00747. The first-order chi connectivity index (χ1) is 10.6. The normalized spacial score (nSPS) is 10.5. The van der Waals surface area contributed by atoms with E-state index < -0.39 is 11.9 Å². The molecule has 0 saturated carbocycles. The molecule has 1 N–H and O–H groups in total. The molecule has 0 radical (unpaired) electrons. The van der Waals surface area contributed by atoms with Crippen molar-refractivity contribution in [3.8, 4) is 0 Å². The number of unbranched alkanes of at least 4 members (excludes halogenated alkanes) is 3. The van der Waals surface area contributed by atoms with Crippen LogP contribution in [-0.4, -0.2) is 23.8 Å². The third kappa shape index (κ3) is 6.26. The Bertz CT molecular complexity index is 482. The van der Waals surface area contributed by atoms with Gasteiger partial charge in [-0.05, 0) is 24.5 Å². The van der Waals surface area contributed by atoms with Crippen LogP contribution in [0.1, 0.15) is 66.7 Å². The lowest BCUT2D eigenvalue weighted by molar-refractivity contribution is -0.182. The second kappa shape index (κ2) is 9.95. The van der Waals surface area contributed by atoms with Gasteiger partial charge >= 0.3 is 11.9 Å². The van der Waals surface area contributed by atoms with Gasteiger partial charge in [-0.1, -0.05) is 51.7 Å². The van der Waals surface area contributed by atoms with E-state index in [1.54, 1.807) is 12.1 Å². The van der Waals surface area contributed by atoms with Crippen LogP contribution >= 0.6 is 0 Å². The third-order valence-electron chi connectivity index (χ3n) is 3.36. The molecule has 1 rings (SSSR count). The summed E-state index contributed by atoms with van der Waals surface area (Å²) in [6.45, 7) is 4.73. The zero-order valence-corrected chi connectivity index (χ0v) is 13.2. The quantitative estimate of drug-likeness (QED) is 0.322. The monoisotopic (exact) mass is 308 g/mol. The van der Waals surface area contributed by atoms with Crippen LogP contribution in [0, 0.1) is 5.92 Å². The summed E-state index contributed by atoms with van der Waals surface area (Å²) < 4.78 is 5.16. The Balaban J connectivity index is 2.36. The maximum atomic E-state index is 12.0. The number of benzene rings is 1. The van der Waals surface area contributed by atoms with Gasteiger partial charge in [0.1, 0.15) is 0 Å².